The molecule has 1 aliphatic heterocycles. The smallest absolute Gasteiger partial charge is 0.275 e. The fourth-order valence-electron chi connectivity index (χ4n) is 4.10. The van der Waals surface area contributed by atoms with E-state index in [-0.39, 0.29) is 23.2 Å². The summed E-state index contributed by atoms with van der Waals surface area (Å²) in [5.74, 6) is -0.302. The summed E-state index contributed by atoms with van der Waals surface area (Å²) < 4.78 is 2.58. The third-order valence-corrected chi connectivity index (χ3v) is 6.72. The third kappa shape index (κ3) is 3.18. The van der Waals surface area contributed by atoms with Crippen LogP contribution in [0.1, 0.15) is 34.4 Å². The van der Waals surface area contributed by atoms with Crippen LogP contribution in [0, 0.1) is 0 Å². The average Bonchev–Trinajstić information content (AvgIpc) is 3.41. The lowest BCUT2D eigenvalue weighted by Gasteiger charge is -2.23. The molecule has 1 N–H and O–H groups in total. The van der Waals surface area contributed by atoms with Crippen molar-refractivity contribution in [3.05, 3.63) is 69.6 Å². The SMILES string of the molecule is CNC(=O)c1nn(CN2CCC[C@@H]2c2nc3ccccc3s2)c(=O)c2ccccc12. The first-order valence-electron chi connectivity index (χ1n) is 9.97. The molecule has 2 aromatic heterocycles. The predicted molar refractivity (Wildman–Crippen MR) is 118 cm³/mol. The second-order valence-electron chi connectivity index (χ2n) is 7.41. The quantitative estimate of drug-likeness (QED) is 0.550. The van der Waals surface area contributed by atoms with Gasteiger partial charge in [0, 0.05) is 19.0 Å². The summed E-state index contributed by atoms with van der Waals surface area (Å²) in [6.45, 7) is 1.19. The van der Waals surface area contributed by atoms with E-state index in [0.29, 0.717) is 17.4 Å². The van der Waals surface area contributed by atoms with Crippen LogP contribution in [0.5, 0.6) is 0 Å². The standard InChI is InChI=1S/C22H21N5O2S/c1-23-20(28)19-14-7-2-3-8-15(14)22(29)27(25-19)13-26-12-6-10-17(26)21-24-16-9-4-5-11-18(16)30-21/h2-5,7-9,11,17H,6,10,12-13H2,1H3,(H,23,28)/t17-/m1/s1. The summed E-state index contributed by atoms with van der Waals surface area (Å²) in [6.07, 6.45) is 2.02. The minimum atomic E-state index is -0.302. The van der Waals surface area contributed by atoms with Crippen LogP contribution in [-0.2, 0) is 6.67 Å². The van der Waals surface area contributed by atoms with Crippen molar-refractivity contribution in [2.45, 2.75) is 25.6 Å². The number of aromatic nitrogens is 3. The summed E-state index contributed by atoms with van der Waals surface area (Å²) in [5, 5.41) is 9.20. The zero-order valence-corrected chi connectivity index (χ0v) is 17.4. The fraction of sp³-hybridized carbons (Fsp3) is 0.273. The van der Waals surface area contributed by atoms with Crippen LogP contribution in [0.25, 0.3) is 21.0 Å². The van der Waals surface area contributed by atoms with E-state index in [1.54, 1.807) is 30.5 Å². The Bertz CT molecular complexity index is 1280. The van der Waals surface area contributed by atoms with Crippen LogP contribution < -0.4 is 10.9 Å². The molecule has 0 aliphatic carbocycles. The molecule has 0 spiro atoms. The van der Waals surface area contributed by atoms with Crippen molar-refractivity contribution in [2.24, 2.45) is 0 Å². The summed E-state index contributed by atoms with van der Waals surface area (Å²) in [5.41, 5.74) is 1.09. The number of hydrogen-bond donors (Lipinski definition) is 1. The molecule has 0 radical (unpaired) electrons. The Labute approximate surface area is 177 Å². The monoisotopic (exact) mass is 419 g/mol. The first kappa shape index (κ1) is 18.9. The van der Waals surface area contributed by atoms with Crippen molar-refractivity contribution in [3.8, 4) is 0 Å². The molecule has 1 fully saturated rings. The molecule has 1 amide bonds. The van der Waals surface area contributed by atoms with Gasteiger partial charge in [-0.3, -0.25) is 14.5 Å². The molecule has 4 aromatic rings. The Morgan fingerprint density at radius 1 is 1.17 bits per heavy atom. The van der Waals surface area contributed by atoms with E-state index >= 15 is 0 Å². The normalized spacial score (nSPS) is 17.0. The van der Waals surface area contributed by atoms with Crippen molar-refractivity contribution in [1.29, 1.82) is 0 Å². The number of fused-ring (bicyclic) bond motifs is 2. The van der Waals surface area contributed by atoms with Gasteiger partial charge in [-0.1, -0.05) is 30.3 Å². The first-order valence-corrected chi connectivity index (χ1v) is 10.8. The number of para-hydroxylation sites is 1. The molecule has 1 aliphatic rings. The lowest BCUT2D eigenvalue weighted by Crippen LogP contribution is -2.35. The molecule has 0 saturated carbocycles. The lowest BCUT2D eigenvalue weighted by atomic mass is 10.1. The Morgan fingerprint density at radius 3 is 2.73 bits per heavy atom. The summed E-state index contributed by atoms with van der Waals surface area (Å²) in [7, 11) is 1.57. The summed E-state index contributed by atoms with van der Waals surface area (Å²) in [6, 6.07) is 15.4. The highest BCUT2D eigenvalue weighted by atomic mass is 32.1. The molecule has 30 heavy (non-hydrogen) atoms. The van der Waals surface area contributed by atoms with Crippen LogP contribution in [0.2, 0.25) is 0 Å². The molecule has 1 saturated heterocycles. The van der Waals surface area contributed by atoms with Gasteiger partial charge in [0.2, 0.25) is 0 Å². The van der Waals surface area contributed by atoms with Gasteiger partial charge >= 0.3 is 0 Å². The van der Waals surface area contributed by atoms with E-state index in [4.69, 9.17) is 4.98 Å². The van der Waals surface area contributed by atoms with Crippen molar-refractivity contribution in [2.75, 3.05) is 13.6 Å². The minimum Gasteiger partial charge on any atom is -0.354 e. The van der Waals surface area contributed by atoms with Crippen molar-refractivity contribution in [3.63, 3.8) is 0 Å². The Kier molecular flexibility index (Phi) is 4.80. The van der Waals surface area contributed by atoms with E-state index in [1.165, 1.54) is 9.38 Å². The molecule has 8 heteroatoms. The van der Waals surface area contributed by atoms with Crippen LogP contribution in [0.15, 0.2) is 53.3 Å². The van der Waals surface area contributed by atoms with Gasteiger partial charge in [0.25, 0.3) is 11.5 Å². The first-order chi connectivity index (χ1) is 14.7. The molecule has 0 unspecified atom stereocenters. The highest BCUT2D eigenvalue weighted by Crippen LogP contribution is 2.36. The zero-order valence-electron chi connectivity index (χ0n) is 16.5. The number of likely N-dealkylation sites (tertiary alicyclic amines) is 1. The fourth-order valence-corrected chi connectivity index (χ4v) is 5.23. The lowest BCUT2D eigenvalue weighted by molar-refractivity contribution is 0.0955. The van der Waals surface area contributed by atoms with Crippen LogP contribution in [-0.4, -0.2) is 39.2 Å². The summed E-state index contributed by atoms with van der Waals surface area (Å²) >= 11 is 1.70. The van der Waals surface area contributed by atoms with E-state index < -0.39 is 0 Å². The summed E-state index contributed by atoms with van der Waals surface area (Å²) in [4.78, 5) is 32.5. The van der Waals surface area contributed by atoms with E-state index in [1.807, 2.05) is 30.3 Å². The second-order valence-corrected chi connectivity index (χ2v) is 8.47. The highest BCUT2D eigenvalue weighted by molar-refractivity contribution is 7.18. The molecule has 2 aromatic carbocycles. The average molecular weight is 420 g/mol. The molecule has 1 atom stereocenters. The Hall–Kier alpha value is -3.10. The number of benzene rings is 2. The van der Waals surface area contributed by atoms with E-state index in [0.717, 1.165) is 29.9 Å². The second kappa shape index (κ2) is 7.62. The van der Waals surface area contributed by atoms with Crippen LogP contribution in [0.4, 0.5) is 0 Å². The number of amides is 1. The molecular weight excluding hydrogens is 398 g/mol. The predicted octanol–water partition coefficient (Wildman–Crippen LogP) is 3.16. The number of carbonyl (C=O) groups is 1. The molecule has 7 nitrogen and oxygen atoms in total. The number of nitrogens with one attached hydrogen (secondary N) is 1. The number of thiazole rings is 1. The number of carbonyl (C=O) groups excluding carboxylic acids is 1. The van der Waals surface area contributed by atoms with Gasteiger partial charge in [-0.25, -0.2) is 9.67 Å². The van der Waals surface area contributed by atoms with Gasteiger partial charge in [-0.15, -0.1) is 11.3 Å². The molecular formula is C22H21N5O2S. The molecule has 0 bridgehead atoms. The molecule has 5 rings (SSSR count). The number of hydrogen-bond acceptors (Lipinski definition) is 6. The number of nitrogens with zero attached hydrogens (tertiary/aromatic N) is 4. The number of rotatable bonds is 4. The van der Waals surface area contributed by atoms with Gasteiger partial charge < -0.3 is 5.32 Å². The van der Waals surface area contributed by atoms with Gasteiger partial charge in [-0.05, 0) is 31.0 Å². The van der Waals surface area contributed by atoms with Crippen LogP contribution in [0.3, 0.4) is 0 Å². The van der Waals surface area contributed by atoms with Gasteiger partial charge in [0.1, 0.15) is 5.01 Å². The highest BCUT2D eigenvalue weighted by Gasteiger charge is 2.30. The molecule has 3 heterocycles. The Balaban J connectivity index is 1.53. The van der Waals surface area contributed by atoms with E-state index in [9.17, 15) is 9.59 Å². The van der Waals surface area contributed by atoms with Gasteiger partial charge in [0.15, 0.2) is 5.69 Å². The van der Waals surface area contributed by atoms with Gasteiger partial charge in [0.05, 0.1) is 28.3 Å². The Morgan fingerprint density at radius 2 is 1.93 bits per heavy atom. The van der Waals surface area contributed by atoms with Crippen LogP contribution >= 0.6 is 11.3 Å². The molecule has 152 valence electrons. The van der Waals surface area contributed by atoms with E-state index in [2.05, 4.69) is 21.4 Å². The van der Waals surface area contributed by atoms with Crippen molar-refractivity contribution < 1.29 is 4.79 Å². The van der Waals surface area contributed by atoms with Gasteiger partial charge in [-0.2, -0.15) is 5.10 Å². The van der Waals surface area contributed by atoms with Crippen molar-refractivity contribution in [1.82, 2.24) is 25.0 Å². The maximum absolute atomic E-state index is 13.1. The largest absolute Gasteiger partial charge is 0.354 e. The third-order valence-electron chi connectivity index (χ3n) is 5.58. The zero-order chi connectivity index (χ0) is 20.7. The maximum Gasteiger partial charge on any atom is 0.275 e. The topological polar surface area (TPSA) is 80.1 Å². The minimum absolute atomic E-state index is 0.144. The maximum atomic E-state index is 13.1. The van der Waals surface area contributed by atoms with Crippen molar-refractivity contribution >= 4 is 38.2 Å².